The van der Waals surface area contributed by atoms with Crippen molar-refractivity contribution in [2.45, 2.75) is 32.2 Å². The van der Waals surface area contributed by atoms with Gasteiger partial charge in [-0.15, -0.1) is 44.1 Å². The number of hydrogen-bond acceptors (Lipinski definition) is 6. The number of carbonyl (C=O) groups is 4. The van der Waals surface area contributed by atoms with Crippen molar-refractivity contribution in [3.8, 4) is 44.5 Å². The molecule has 10 aromatic rings. The summed E-state index contributed by atoms with van der Waals surface area (Å²) in [5.74, 6) is -1.38. The van der Waals surface area contributed by atoms with Gasteiger partial charge in [0, 0.05) is 99.7 Å². The molecule has 0 spiro atoms. The average Bonchev–Trinajstić information content (AvgIpc) is 1.62. The Labute approximate surface area is 565 Å². The maximum absolute atomic E-state index is 14.0. The number of nitrogens with one attached hydrogen (secondary N) is 2. The maximum Gasteiger partial charge on any atom is 2.00 e. The zero-order valence-corrected chi connectivity index (χ0v) is 55.2. The number of hydrogen-bond donors (Lipinski definition) is 2. The van der Waals surface area contributed by atoms with Crippen LogP contribution in [0.5, 0.6) is 0 Å². The number of benzene rings is 4. The molecule has 2 N–H and O–H groups in total. The Balaban J connectivity index is 0.00000401. The van der Waals surface area contributed by atoms with Gasteiger partial charge in [0.1, 0.15) is 22.8 Å². The van der Waals surface area contributed by atoms with E-state index in [0.29, 0.717) is 34.5 Å². The molecule has 15 nitrogen and oxygen atoms in total. The molecule has 16 bridgehead atoms. The summed E-state index contributed by atoms with van der Waals surface area (Å²) in [4.78, 5) is 83.9. The van der Waals surface area contributed by atoms with Crippen molar-refractivity contribution < 1.29 is 64.9 Å². The molecule has 5 aliphatic rings. The van der Waals surface area contributed by atoms with Crippen molar-refractivity contribution in [2.24, 2.45) is 0 Å². The summed E-state index contributed by atoms with van der Waals surface area (Å²) in [6.07, 6.45) is 15.2. The van der Waals surface area contributed by atoms with E-state index in [1.165, 1.54) is 12.2 Å². The Hall–Kier alpha value is -11.0. The third-order valence-corrected chi connectivity index (χ3v) is 17.2. The van der Waals surface area contributed by atoms with Crippen LogP contribution in [0.15, 0.2) is 188 Å². The van der Waals surface area contributed by atoms with Crippen molar-refractivity contribution in [2.75, 3.05) is 13.1 Å². The molecule has 0 saturated heterocycles. The zero-order chi connectivity index (χ0) is 62.8. The van der Waals surface area contributed by atoms with Crippen LogP contribution in [0.2, 0.25) is 0 Å². The first-order chi connectivity index (χ1) is 44.7. The van der Waals surface area contributed by atoms with Crippen LogP contribution < -0.4 is 39.7 Å². The first-order valence-corrected chi connectivity index (χ1v) is 30.3. The summed E-state index contributed by atoms with van der Waals surface area (Å²) in [5, 5.41) is 5.99. The number of fused-ring (bicyclic) bond motifs is 16. The van der Waals surface area contributed by atoms with E-state index in [0.717, 1.165) is 128 Å². The van der Waals surface area contributed by atoms with Crippen LogP contribution >= 0.6 is 0 Å². The molecule has 0 fully saturated rings. The molecule has 4 amide bonds. The van der Waals surface area contributed by atoms with Crippen LogP contribution in [-0.2, 0) is 64.5 Å². The molecule has 0 aliphatic carbocycles. The van der Waals surface area contributed by atoms with Gasteiger partial charge in [-0.25, -0.2) is 4.98 Å². The minimum atomic E-state index is -0.406. The molecule has 459 valence electrons. The van der Waals surface area contributed by atoms with Crippen LogP contribution in [0.3, 0.4) is 0 Å². The van der Waals surface area contributed by atoms with Gasteiger partial charge in [0.05, 0.1) is 11.4 Å². The van der Waals surface area contributed by atoms with Crippen molar-refractivity contribution in [3.05, 3.63) is 264 Å². The number of rotatable bonds is 11. The Kier molecular flexibility index (Phi) is 16.6. The van der Waals surface area contributed by atoms with E-state index in [9.17, 15) is 19.2 Å². The second-order valence-electron chi connectivity index (χ2n) is 23.9. The Bertz CT molecular complexity index is 5230. The molecule has 0 saturated carbocycles. The predicted molar refractivity (Wildman–Crippen MR) is 359 cm³/mol. The smallest absolute Gasteiger partial charge is 0.659 e. The molecular formula is C77H57CuN11O4Zn-2. The molecule has 5 aliphatic heterocycles. The summed E-state index contributed by atoms with van der Waals surface area (Å²) < 4.78 is 3.77. The number of amides is 4. The fraction of sp³-hybridized carbons (Fsp3) is 0.0909. The first-order valence-electron chi connectivity index (χ1n) is 30.3. The molecule has 0 atom stereocenters. The first kappa shape index (κ1) is 61.9. The van der Waals surface area contributed by atoms with E-state index >= 15 is 0 Å². The van der Waals surface area contributed by atoms with Gasteiger partial charge in [-0.2, -0.15) is 0 Å². The van der Waals surface area contributed by atoms with Crippen molar-refractivity contribution in [1.82, 2.24) is 45.4 Å². The fourth-order valence-electron chi connectivity index (χ4n) is 12.4. The molecule has 6 aromatic heterocycles. The van der Waals surface area contributed by atoms with Crippen LogP contribution in [0, 0.1) is 14.1 Å². The second kappa shape index (κ2) is 25.3. The molecular weight excluding hydrogens is 1270 g/mol. The average molecular weight is 1330 g/mol. The van der Waals surface area contributed by atoms with Crippen LogP contribution in [0.1, 0.15) is 85.7 Å². The molecule has 17 heteroatoms. The fourth-order valence-corrected chi connectivity index (χ4v) is 12.4. The number of aromatic nitrogens is 8. The largest absolute Gasteiger partial charge is 2.00 e. The molecule has 94 heavy (non-hydrogen) atoms. The topological polar surface area (TPSA) is 186 Å². The molecule has 0 unspecified atom stereocenters. The van der Waals surface area contributed by atoms with Gasteiger partial charge in [-0.3, -0.25) is 29.1 Å². The Morgan fingerprint density at radius 3 is 1.79 bits per heavy atom. The van der Waals surface area contributed by atoms with Crippen molar-refractivity contribution in [3.63, 3.8) is 0 Å². The van der Waals surface area contributed by atoms with E-state index in [2.05, 4.69) is 75.0 Å². The second-order valence-corrected chi connectivity index (χ2v) is 23.9. The van der Waals surface area contributed by atoms with E-state index in [-0.39, 0.29) is 73.4 Å². The van der Waals surface area contributed by atoms with Crippen molar-refractivity contribution in [1.29, 1.82) is 0 Å². The summed E-state index contributed by atoms with van der Waals surface area (Å²) in [7, 11) is 8.75. The van der Waals surface area contributed by atoms with Gasteiger partial charge in [-0.05, 0) is 86.5 Å². The van der Waals surface area contributed by atoms with Gasteiger partial charge >= 0.3 is 17.1 Å². The number of nitrogens with zero attached hydrogens (tertiary/aromatic N) is 9. The third kappa shape index (κ3) is 12.1. The molecule has 11 heterocycles. The summed E-state index contributed by atoms with van der Waals surface area (Å²) in [6.45, 7) is 4.82. The monoisotopic (exact) mass is 1330 g/mol. The summed E-state index contributed by atoms with van der Waals surface area (Å²) >= 11 is 0. The zero-order valence-electron chi connectivity index (χ0n) is 51.3. The van der Waals surface area contributed by atoms with Gasteiger partial charge in [0.25, 0.3) is 23.6 Å². The summed E-state index contributed by atoms with van der Waals surface area (Å²) in [5.41, 5.74) is 21.3. The standard InChI is InChI=1S/C77H61N11O4.Cu.Zn/c1-77(2)44-58-41-67-63(48-12-10-46(11-13-48)45-79-76(92)52-20-16-50(17-21-52)74-65-30-24-55(81-65)38-60-27-26-59(86(60)3)36-53-22-23-54(80-53)37-61-28-31-69(74)87(61)4)43-68(85-67)73(49-14-18-51(19-15-49)75(91)78-34-35-88-71(89)32-33-72(88)90)64-29-25-56(82-64)40-66-62(47-8-6-5-7-9-47)39-57(83-66)42-70(77)84-58;;/h5-33,36-43H,3-4,34-35,44-45H2,1-2H3,(H6,78,79,80,81,82,83,84,85,89,90,91,92);;/q;+2;/p-4. The number of imide groups is 1. The Morgan fingerprint density at radius 2 is 1.10 bits per heavy atom. The van der Waals surface area contributed by atoms with Gasteiger partial charge < -0.3 is 39.7 Å². The van der Waals surface area contributed by atoms with Crippen LogP contribution in [0.4, 0.5) is 0 Å². The number of carbonyl (C=O) groups excluding carboxylic acids is 4. The molecule has 4 aromatic carbocycles. The minimum absolute atomic E-state index is 0. The van der Waals surface area contributed by atoms with Crippen LogP contribution in [-0.4, -0.2) is 51.6 Å². The van der Waals surface area contributed by atoms with Gasteiger partial charge in [0.2, 0.25) is 0 Å². The third-order valence-electron chi connectivity index (χ3n) is 17.2. The van der Waals surface area contributed by atoms with E-state index in [1.807, 2.05) is 173 Å². The van der Waals surface area contributed by atoms with Gasteiger partial charge in [0.15, 0.2) is 0 Å². The SMILES string of the molecule is [CH2-][n+]1c2cc3ccc(cc4[n+]([CH2-])c(c(-c5ccc(C(=O)NCc6ccc(-c7cc8[n-]c7cc7nc(cc9cc(-c%10ccccc%10)c(cc%10nc(c8-c8ccc(C(=O)NCCN%11C(=O)C=CC%11=O)cc8)C=C%10)[n-]9)C(C)(C)C7)cc6)cc5)c5ccc(cc1C=C2)[n-]5)C=C4)[n-]3.[Cu+2].[Zn]. The normalized spacial score (nSPS) is 13.4. The minimum Gasteiger partial charge on any atom is -0.659 e. The van der Waals surface area contributed by atoms with Gasteiger partial charge in [-0.1, -0.05) is 190 Å². The van der Waals surface area contributed by atoms with Crippen molar-refractivity contribution >= 4 is 104 Å². The maximum atomic E-state index is 14.0. The van der Waals surface area contributed by atoms with E-state index < -0.39 is 11.8 Å². The van der Waals surface area contributed by atoms with E-state index in [4.69, 9.17) is 29.9 Å². The predicted octanol–water partition coefficient (Wildman–Crippen LogP) is 11.8. The van der Waals surface area contributed by atoms with E-state index in [1.54, 1.807) is 12.1 Å². The molecule has 1 radical (unpaired) electrons. The quantitative estimate of drug-likeness (QED) is 0.0546. The van der Waals surface area contributed by atoms with Crippen LogP contribution in [0.25, 0.3) is 125 Å². The summed E-state index contributed by atoms with van der Waals surface area (Å²) in [6, 6.07) is 57.5. The Morgan fingerprint density at radius 1 is 0.521 bits per heavy atom. The molecule has 15 rings (SSSR count).